The lowest BCUT2D eigenvalue weighted by Gasteiger charge is -2.42. The summed E-state index contributed by atoms with van der Waals surface area (Å²) in [5.74, 6) is 1.53. The van der Waals surface area contributed by atoms with Gasteiger partial charge in [0.25, 0.3) is 0 Å². The van der Waals surface area contributed by atoms with Crippen molar-refractivity contribution in [2.45, 2.75) is 267 Å². The largest absolute Gasteiger partial charge is 0.389 e. The van der Waals surface area contributed by atoms with Crippen LogP contribution in [-0.4, -0.2) is 35.7 Å². The van der Waals surface area contributed by atoms with Crippen molar-refractivity contribution in [1.82, 2.24) is 5.32 Å². The number of carbonyl (C=O) groups excluding carboxylic acids is 2. The minimum absolute atomic E-state index is 0.0278. The van der Waals surface area contributed by atoms with Crippen LogP contribution in [0.25, 0.3) is 5.57 Å². The Labute approximate surface area is 452 Å². The van der Waals surface area contributed by atoms with Gasteiger partial charge in [0.15, 0.2) is 5.78 Å². The minimum Gasteiger partial charge on any atom is -0.389 e. The molecule has 1 aromatic rings. The molecule has 1 atom stereocenters. The number of unbranched alkanes of at least 4 members (excludes halogenated alkanes) is 1. The van der Waals surface area contributed by atoms with Gasteiger partial charge >= 0.3 is 0 Å². The van der Waals surface area contributed by atoms with Crippen molar-refractivity contribution >= 4 is 29.2 Å². The van der Waals surface area contributed by atoms with Crippen LogP contribution in [0.5, 0.6) is 0 Å². The van der Waals surface area contributed by atoms with E-state index in [0.717, 1.165) is 116 Å². The van der Waals surface area contributed by atoms with Gasteiger partial charge in [-0.05, 0) is 142 Å². The molecule has 1 aliphatic heterocycles. The van der Waals surface area contributed by atoms with Crippen molar-refractivity contribution in [3.63, 3.8) is 0 Å². The molecule has 420 valence electrons. The Kier molecular flexibility index (Phi) is 42.6. The molecule has 7 heteroatoms. The Morgan fingerprint density at radius 1 is 0.890 bits per heavy atom. The maximum atomic E-state index is 15.1. The molecule has 0 aromatic heterocycles. The highest BCUT2D eigenvalue weighted by atomic mass is 19.1. The van der Waals surface area contributed by atoms with E-state index in [1.54, 1.807) is 6.08 Å². The van der Waals surface area contributed by atoms with Crippen LogP contribution in [0.1, 0.15) is 266 Å². The van der Waals surface area contributed by atoms with Gasteiger partial charge in [-0.1, -0.05) is 207 Å². The van der Waals surface area contributed by atoms with E-state index < -0.39 is 5.41 Å². The van der Waals surface area contributed by atoms with E-state index in [4.69, 9.17) is 10.1 Å². The molecule has 6 nitrogen and oxygen atoms in total. The smallest absolute Gasteiger partial charge is 0.237 e. The van der Waals surface area contributed by atoms with Crippen molar-refractivity contribution in [1.29, 1.82) is 0 Å². The number of anilines is 1. The lowest BCUT2D eigenvalue weighted by atomic mass is 9.73. The van der Waals surface area contributed by atoms with Crippen LogP contribution >= 0.6 is 0 Å². The summed E-state index contributed by atoms with van der Waals surface area (Å²) in [5.41, 5.74) is 7.70. The molecule has 0 spiro atoms. The molecular weight excluding hydrogens is 902 g/mol. The number of hydrogen-bond donors (Lipinski definition) is 2. The first-order valence-corrected chi connectivity index (χ1v) is 29.4. The number of carbonyl (C=O) groups is 2. The zero-order chi connectivity index (χ0) is 56.7. The van der Waals surface area contributed by atoms with E-state index in [0.29, 0.717) is 17.0 Å². The molecular formula is C66H116FN3O3. The maximum Gasteiger partial charge on any atom is 0.237 e. The van der Waals surface area contributed by atoms with Gasteiger partial charge in [0, 0.05) is 29.6 Å². The monoisotopic (exact) mass is 1020 g/mol. The number of ketones is 1. The van der Waals surface area contributed by atoms with E-state index in [-0.39, 0.29) is 30.2 Å². The quantitative estimate of drug-likeness (QED) is 0.0755. The first-order valence-electron chi connectivity index (χ1n) is 29.4. The van der Waals surface area contributed by atoms with E-state index in [1.807, 2.05) is 87.6 Å². The second kappa shape index (κ2) is 42.4. The van der Waals surface area contributed by atoms with Crippen LogP contribution in [0.2, 0.25) is 0 Å². The van der Waals surface area contributed by atoms with Crippen LogP contribution in [0.3, 0.4) is 0 Å². The Bertz CT molecular complexity index is 1860. The highest BCUT2D eigenvalue weighted by Gasteiger charge is 2.53. The number of aliphatic hydroxyl groups excluding tert-OH is 1. The Hall–Kier alpha value is -3.84. The standard InChI is InChI=1S/C44H64FN3O.C8H18.C6H12O2.C4H10.2C2H6/c1-10-17-22-39(45)40(21-14-5)47-33(9)32(8)41(46-27-18-11-2)30-35(20-13-4)36-23-24-38-42(31-36)48(37-28-34(29-37)19-12-3)43(49)44(38,25-15-6)26-16-7;1-5-7-8(3,4)6-2;1-3-5(2)6(8)4-7;1-4(2)3;2*1-2/h14,17,20-24,27,30-31,34,37,47H,10-13,15-16,18-19,25-26,28-29H2,1-9H3;5-7H2,1-4H3;5,7H,3-4H2,1-2H3;4H,1-3H3;2*1-2H3/b21-14-,22-17+,33-32+,35-20-,40-39-,41-30+,46-27?;;;;;. The average Bonchev–Trinajstić information content (AvgIpc) is 3.59. The third-order valence-corrected chi connectivity index (χ3v) is 13.3. The number of nitrogens with one attached hydrogen (secondary N) is 1. The predicted octanol–water partition coefficient (Wildman–Crippen LogP) is 20.1. The van der Waals surface area contributed by atoms with Crippen LogP contribution in [-0.2, 0) is 15.0 Å². The molecule has 1 unspecified atom stereocenters. The second-order valence-corrected chi connectivity index (χ2v) is 20.8. The number of aliphatic imine (C=N–C) groups is 1. The lowest BCUT2D eigenvalue weighted by molar-refractivity contribution is -0.125. The topological polar surface area (TPSA) is 82.0 Å². The lowest BCUT2D eigenvalue weighted by Crippen LogP contribution is -2.50. The summed E-state index contributed by atoms with van der Waals surface area (Å²) in [6, 6.07) is 7.03. The fourth-order valence-corrected chi connectivity index (χ4v) is 8.70. The number of amides is 1. The van der Waals surface area contributed by atoms with Crippen molar-refractivity contribution in [3.8, 4) is 0 Å². The van der Waals surface area contributed by atoms with E-state index in [9.17, 15) is 9.59 Å². The van der Waals surface area contributed by atoms with Crippen LogP contribution < -0.4 is 10.2 Å². The minimum atomic E-state index is -0.435. The molecule has 2 N–H and O–H groups in total. The molecule has 1 fully saturated rings. The number of Topliss-reactive ketones (excluding diaryl/α,β-unsaturated/α-hetero) is 1. The first kappa shape index (κ1) is 73.4. The van der Waals surface area contributed by atoms with Gasteiger partial charge in [0.1, 0.15) is 12.4 Å². The van der Waals surface area contributed by atoms with Crippen molar-refractivity contribution < 1.29 is 19.1 Å². The molecule has 0 radical (unpaired) electrons. The van der Waals surface area contributed by atoms with Crippen LogP contribution in [0.4, 0.5) is 10.1 Å². The highest BCUT2D eigenvalue weighted by molar-refractivity contribution is 6.09. The molecule has 2 aliphatic rings. The highest BCUT2D eigenvalue weighted by Crippen LogP contribution is 2.52. The zero-order valence-electron chi connectivity index (χ0n) is 51.6. The predicted molar refractivity (Wildman–Crippen MR) is 324 cm³/mol. The van der Waals surface area contributed by atoms with E-state index in [1.165, 1.54) is 43.7 Å². The fraction of sp³-hybridized carbons (Fsp3) is 0.682. The molecule has 1 amide bonds. The number of fused-ring (bicyclic) bond motifs is 1. The molecule has 1 heterocycles. The molecule has 0 bridgehead atoms. The van der Waals surface area contributed by atoms with Gasteiger partial charge in [-0.2, -0.15) is 0 Å². The van der Waals surface area contributed by atoms with Crippen molar-refractivity contribution in [3.05, 3.63) is 94.3 Å². The summed E-state index contributed by atoms with van der Waals surface area (Å²) >= 11 is 0. The van der Waals surface area contributed by atoms with Gasteiger partial charge in [-0.3, -0.25) is 14.6 Å². The maximum absolute atomic E-state index is 15.1. The summed E-state index contributed by atoms with van der Waals surface area (Å²) in [6.45, 7) is 46.0. The third kappa shape index (κ3) is 26.5. The zero-order valence-corrected chi connectivity index (χ0v) is 51.6. The van der Waals surface area contributed by atoms with Crippen LogP contribution in [0.15, 0.2) is 88.1 Å². The number of benzene rings is 1. The van der Waals surface area contributed by atoms with Gasteiger partial charge < -0.3 is 15.3 Å². The van der Waals surface area contributed by atoms with Gasteiger partial charge in [0.05, 0.1) is 16.8 Å². The molecule has 1 aromatic carbocycles. The van der Waals surface area contributed by atoms with Crippen molar-refractivity contribution in [2.24, 2.45) is 28.2 Å². The SMILES string of the molecule is CC.CC.CC(C)C.CCC(C)C(=O)CO.CCCC(C)(C)CC.C\C=C/C(N/C(C)=C(C)/C(=C\C(=C\CC)c1ccc2c(c1)N(C1CC(CCC)C1)C(=O)C2(CCC)CCC)N=CCCC)=C(F)\C=C\CC. The number of halogens is 1. The summed E-state index contributed by atoms with van der Waals surface area (Å²) < 4.78 is 15.1. The van der Waals surface area contributed by atoms with E-state index >= 15 is 4.39 Å². The molecule has 3 rings (SSSR count). The number of rotatable bonds is 25. The van der Waals surface area contributed by atoms with E-state index in [2.05, 4.69) is 124 Å². The summed E-state index contributed by atoms with van der Waals surface area (Å²) in [4.78, 5) is 32.2. The summed E-state index contributed by atoms with van der Waals surface area (Å²) in [5, 5.41) is 11.6. The number of aliphatic hydroxyl groups is 1. The third-order valence-electron chi connectivity index (χ3n) is 13.3. The Morgan fingerprint density at radius 2 is 1.48 bits per heavy atom. The average molecular weight is 1020 g/mol. The Balaban J connectivity index is -0.00000169. The van der Waals surface area contributed by atoms with Gasteiger partial charge in [0.2, 0.25) is 5.91 Å². The normalized spacial score (nSPS) is 17.3. The number of nitrogens with zero attached hydrogens (tertiary/aromatic N) is 2. The van der Waals surface area contributed by atoms with Crippen LogP contribution in [0, 0.1) is 23.2 Å². The van der Waals surface area contributed by atoms with Crippen molar-refractivity contribution in [2.75, 3.05) is 11.5 Å². The second-order valence-electron chi connectivity index (χ2n) is 20.8. The van der Waals surface area contributed by atoms with Gasteiger partial charge in [-0.15, -0.1) is 0 Å². The number of hydrogen-bond acceptors (Lipinski definition) is 5. The van der Waals surface area contributed by atoms with Gasteiger partial charge in [-0.25, -0.2) is 4.39 Å². The number of allylic oxidation sites excluding steroid dienone is 10. The molecule has 73 heavy (non-hydrogen) atoms. The summed E-state index contributed by atoms with van der Waals surface area (Å²) in [7, 11) is 0. The fourth-order valence-electron chi connectivity index (χ4n) is 8.70. The first-order chi connectivity index (χ1) is 34.7. The Morgan fingerprint density at radius 3 is 1.90 bits per heavy atom. The summed E-state index contributed by atoms with van der Waals surface area (Å²) in [6.07, 6.45) is 30.0. The molecule has 1 aliphatic carbocycles. The molecule has 1 saturated carbocycles. The molecule has 0 saturated heterocycles.